The van der Waals surface area contributed by atoms with Crippen molar-refractivity contribution in [3.63, 3.8) is 0 Å². The number of hydrogen-bond acceptors (Lipinski definition) is 5. The molecule has 1 aliphatic carbocycles. The Kier molecular flexibility index (Phi) is 4.36. The number of nitrogens with zero attached hydrogens (tertiary/aromatic N) is 4. The zero-order valence-electron chi connectivity index (χ0n) is 16.1. The van der Waals surface area contributed by atoms with Crippen molar-refractivity contribution in [1.29, 1.82) is 0 Å². The lowest BCUT2D eigenvalue weighted by molar-refractivity contribution is 0.871. The zero-order chi connectivity index (χ0) is 20.0. The lowest BCUT2D eigenvalue weighted by Gasteiger charge is -2.08. The van der Waals surface area contributed by atoms with Crippen LogP contribution in [0.15, 0.2) is 48.5 Å². The fraction of sp³-hybridized carbons (Fsp3) is 0.227. The van der Waals surface area contributed by atoms with Gasteiger partial charge >= 0.3 is 0 Å². The molecule has 2 heterocycles. The molecule has 0 spiro atoms. The summed E-state index contributed by atoms with van der Waals surface area (Å²) in [4.78, 5) is 9.44. The minimum Gasteiger partial charge on any atom is -0.383 e. The standard InChI is InChI=1S/C22H21ClN6/c1-13-3-2-4-17(11-13)29-20(24)18-19(15-7-9-16(23)10-8-15)26-22(27-21(18)28-29)25-12-14-5-6-14/h2-4,7-11,14H,5-6,12,24H2,1H3,(H,25,27,28). The summed E-state index contributed by atoms with van der Waals surface area (Å²) < 4.78 is 1.73. The number of nitrogens with two attached hydrogens (primary N) is 1. The van der Waals surface area contributed by atoms with Crippen LogP contribution in [-0.4, -0.2) is 26.3 Å². The first-order valence-electron chi connectivity index (χ1n) is 9.71. The molecule has 0 aliphatic heterocycles. The molecule has 0 radical (unpaired) electrons. The van der Waals surface area contributed by atoms with Gasteiger partial charge in [0.1, 0.15) is 5.82 Å². The SMILES string of the molecule is Cc1cccc(-n2nc3nc(NCC4CC4)nc(-c4ccc(Cl)cc4)c3c2N)c1. The van der Waals surface area contributed by atoms with Gasteiger partial charge in [0.15, 0.2) is 5.65 Å². The second-order valence-electron chi connectivity index (χ2n) is 7.56. The van der Waals surface area contributed by atoms with Gasteiger partial charge in [0.2, 0.25) is 5.95 Å². The van der Waals surface area contributed by atoms with E-state index in [2.05, 4.69) is 10.3 Å². The largest absolute Gasteiger partial charge is 0.383 e. The van der Waals surface area contributed by atoms with Gasteiger partial charge in [-0.25, -0.2) is 9.67 Å². The van der Waals surface area contributed by atoms with Crippen molar-refractivity contribution in [2.45, 2.75) is 19.8 Å². The monoisotopic (exact) mass is 404 g/mol. The molecule has 1 aliphatic rings. The summed E-state index contributed by atoms with van der Waals surface area (Å²) in [5.41, 5.74) is 10.8. The summed E-state index contributed by atoms with van der Waals surface area (Å²) in [6, 6.07) is 15.6. The highest BCUT2D eigenvalue weighted by Gasteiger charge is 2.23. The molecule has 5 rings (SSSR count). The Morgan fingerprint density at radius 2 is 1.93 bits per heavy atom. The van der Waals surface area contributed by atoms with E-state index in [1.807, 2.05) is 55.5 Å². The van der Waals surface area contributed by atoms with Crippen molar-refractivity contribution >= 4 is 34.4 Å². The van der Waals surface area contributed by atoms with Crippen LogP contribution in [0, 0.1) is 12.8 Å². The minimum atomic E-state index is 0.518. The Labute approximate surface area is 173 Å². The maximum absolute atomic E-state index is 6.55. The van der Waals surface area contributed by atoms with Crippen molar-refractivity contribution in [2.75, 3.05) is 17.6 Å². The lowest BCUT2D eigenvalue weighted by Crippen LogP contribution is -2.07. The van der Waals surface area contributed by atoms with E-state index in [9.17, 15) is 0 Å². The van der Waals surface area contributed by atoms with Crippen LogP contribution >= 0.6 is 11.6 Å². The van der Waals surface area contributed by atoms with Crippen molar-refractivity contribution in [3.05, 3.63) is 59.1 Å². The van der Waals surface area contributed by atoms with Crippen LogP contribution in [-0.2, 0) is 0 Å². The van der Waals surface area contributed by atoms with Gasteiger partial charge in [-0.2, -0.15) is 4.98 Å². The van der Waals surface area contributed by atoms with E-state index >= 15 is 0 Å². The van der Waals surface area contributed by atoms with Crippen molar-refractivity contribution < 1.29 is 0 Å². The van der Waals surface area contributed by atoms with E-state index in [4.69, 9.17) is 27.4 Å². The van der Waals surface area contributed by atoms with Crippen molar-refractivity contribution in [3.8, 4) is 16.9 Å². The molecular formula is C22H21ClN6. The molecular weight excluding hydrogens is 384 g/mol. The van der Waals surface area contributed by atoms with Crippen LogP contribution in [0.5, 0.6) is 0 Å². The number of fused-ring (bicyclic) bond motifs is 1. The zero-order valence-corrected chi connectivity index (χ0v) is 16.8. The number of nitrogen functional groups attached to an aromatic ring is 1. The first kappa shape index (κ1) is 17.9. The van der Waals surface area contributed by atoms with Crippen LogP contribution in [0.3, 0.4) is 0 Å². The summed E-state index contributed by atoms with van der Waals surface area (Å²) in [5, 5.41) is 9.48. The lowest BCUT2D eigenvalue weighted by atomic mass is 10.1. The summed E-state index contributed by atoms with van der Waals surface area (Å²) in [6.45, 7) is 2.92. The highest BCUT2D eigenvalue weighted by atomic mass is 35.5. The summed E-state index contributed by atoms with van der Waals surface area (Å²) in [7, 11) is 0. The molecule has 0 saturated heterocycles. The van der Waals surface area contributed by atoms with Crippen molar-refractivity contribution in [1.82, 2.24) is 19.7 Å². The molecule has 1 saturated carbocycles. The Balaban J connectivity index is 1.69. The fourth-order valence-electron chi connectivity index (χ4n) is 3.42. The van der Waals surface area contributed by atoms with Crippen LogP contribution < -0.4 is 11.1 Å². The Morgan fingerprint density at radius 1 is 1.14 bits per heavy atom. The predicted octanol–water partition coefficient (Wildman–Crippen LogP) is 4.85. The van der Waals surface area contributed by atoms with E-state index in [-0.39, 0.29) is 0 Å². The molecule has 146 valence electrons. The molecule has 29 heavy (non-hydrogen) atoms. The smallest absolute Gasteiger partial charge is 0.225 e. The summed E-state index contributed by atoms with van der Waals surface area (Å²) in [5.74, 6) is 1.80. The molecule has 0 unspecified atom stereocenters. The molecule has 2 aromatic carbocycles. The van der Waals surface area contributed by atoms with Crippen LogP contribution in [0.25, 0.3) is 28.0 Å². The number of rotatable bonds is 5. The molecule has 0 atom stereocenters. The van der Waals surface area contributed by atoms with Gasteiger partial charge in [-0.15, -0.1) is 5.10 Å². The third kappa shape index (κ3) is 3.51. The highest BCUT2D eigenvalue weighted by Crippen LogP contribution is 2.34. The van der Waals surface area contributed by atoms with Crippen LogP contribution in [0.1, 0.15) is 18.4 Å². The van der Waals surface area contributed by atoms with Gasteiger partial charge < -0.3 is 11.1 Å². The quantitative estimate of drug-likeness (QED) is 0.497. The van der Waals surface area contributed by atoms with Crippen LogP contribution in [0.4, 0.5) is 11.8 Å². The third-order valence-electron chi connectivity index (χ3n) is 5.18. The molecule has 3 N–H and O–H groups in total. The molecule has 4 aromatic rings. The molecule has 0 bridgehead atoms. The normalized spacial score (nSPS) is 13.7. The maximum Gasteiger partial charge on any atom is 0.225 e. The Bertz CT molecular complexity index is 1190. The van der Waals surface area contributed by atoms with E-state index in [1.165, 1.54) is 12.8 Å². The van der Waals surface area contributed by atoms with Gasteiger partial charge in [0.25, 0.3) is 0 Å². The van der Waals surface area contributed by atoms with Crippen molar-refractivity contribution in [2.24, 2.45) is 5.92 Å². The summed E-state index contributed by atoms with van der Waals surface area (Å²) >= 11 is 6.08. The van der Waals surface area contributed by atoms with E-state index < -0.39 is 0 Å². The third-order valence-corrected chi connectivity index (χ3v) is 5.43. The minimum absolute atomic E-state index is 0.518. The predicted molar refractivity (Wildman–Crippen MR) is 117 cm³/mol. The molecule has 2 aromatic heterocycles. The molecule has 0 amide bonds. The molecule has 6 nitrogen and oxygen atoms in total. The first-order valence-corrected chi connectivity index (χ1v) is 10.1. The number of nitrogens with one attached hydrogen (secondary N) is 1. The molecule has 1 fully saturated rings. The second-order valence-corrected chi connectivity index (χ2v) is 8.00. The number of halogens is 1. The Hall–Kier alpha value is -3.12. The number of anilines is 2. The van der Waals surface area contributed by atoms with Gasteiger partial charge in [-0.3, -0.25) is 0 Å². The first-order chi connectivity index (χ1) is 14.1. The van der Waals surface area contributed by atoms with Gasteiger partial charge in [-0.1, -0.05) is 35.9 Å². The van der Waals surface area contributed by atoms with E-state index in [0.717, 1.165) is 34.4 Å². The average Bonchev–Trinajstić information content (AvgIpc) is 3.49. The fourth-order valence-corrected chi connectivity index (χ4v) is 3.55. The maximum atomic E-state index is 6.55. The average molecular weight is 405 g/mol. The van der Waals surface area contributed by atoms with Crippen LogP contribution in [0.2, 0.25) is 5.02 Å². The summed E-state index contributed by atoms with van der Waals surface area (Å²) in [6.07, 6.45) is 2.52. The highest BCUT2D eigenvalue weighted by molar-refractivity contribution is 6.30. The van der Waals surface area contributed by atoms with E-state index in [1.54, 1.807) is 4.68 Å². The topological polar surface area (TPSA) is 81.7 Å². The van der Waals surface area contributed by atoms with E-state index in [0.29, 0.717) is 28.4 Å². The number of benzene rings is 2. The number of aromatic nitrogens is 4. The molecule has 7 heteroatoms. The van der Waals surface area contributed by atoms with Gasteiger partial charge in [0, 0.05) is 17.1 Å². The van der Waals surface area contributed by atoms with Gasteiger partial charge in [-0.05, 0) is 55.5 Å². The van der Waals surface area contributed by atoms with Gasteiger partial charge in [0.05, 0.1) is 16.8 Å². The second kappa shape index (κ2) is 7.04. The number of hydrogen-bond donors (Lipinski definition) is 2. The Morgan fingerprint density at radius 3 is 2.66 bits per heavy atom. The number of aryl methyl sites for hydroxylation is 1.